The Balaban J connectivity index is 1.80. The summed E-state index contributed by atoms with van der Waals surface area (Å²) in [6.45, 7) is 0.801. The molecule has 0 saturated heterocycles. The number of aromatic nitrogens is 3. The van der Waals surface area contributed by atoms with E-state index >= 15 is 0 Å². The molecule has 0 spiro atoms. The lowest BCUT2D eigenvalue weighted by atomic mass is 10.2. The first-order chi connectivity index (χ1) is 9.79. The van der Waals surface area contributed by atoms with Crippen LogP contribution in [-0.4, -0.2) is 34.2 Å². The zero-order valence-corrected chi connectivity index (χ0v) is 11.9. The van der Waals surface area contributed by atoms with Gasteiger partial charge in [0.1, 0.15) is 5.69 Å². The summed E-state index contributed by atoms with van der Waals surface area (Å²) in [7, 11) is 1.96. The molecule has 0 bridgehead atoms. The third-order valence-electron chi connectivity index (χ3n) is 3.24. The quantitative estimate of drug-likeness (QED) is 0.675. The van der Waals surface area contributed by atoms with Crippen molar-refractivity contribution >= 4 is 28.4 Å². The summed E-state index contributed by atoms with van der Waals surface area (Å²) in [6.07, 6.45) is 7.21. The van der Waals surface area contributed by atoms with Crippen molar-refractivity contribution in [2.45, 2.75) is 6.42 Å². The Labute approximate surface area is 120 Å². The van der Waals surface area contributed by atoms with Crippen LogP contribution in [0.15, 0.2) is 36.1 Å². The number of pyridine rings is 1. The Morgan fingerprint density at radius 1 is 1.40 bits per heavy atom. The van der Waals surface area contributed by atoms with Crippen LogP contribution in [0.5, 0.6) is 0 Å². The van der Waals surface area contributed by atoms with E-state index in [-0.39, 0.29) is 0 Å². The molecule has 0 fully saturated rings. The van der Waals surface area contributed by atoms with Crippen LogP contribution in [0.3, 0.4) is 0 Å². The molecule has 3 aromatic heterocycles. The van der Waals surface area contributed by atoms with E-state index in [0.717, 1.165) is 30.0 Å². The summed E-state index contributed by atoms with van der Waals surface area (Å²) >= 11 is 1.53. The van der Waals surface area contributed by atoms with E-state index in [0.29, 0.717) is 5.69 Å². The molecular weight excluding hydrogens is 272 g/mol. The van der Waals surface area contributed by atoms with Gasteiger partial charge in [0.15, 0.2) is 17.1 Å². The molecule has 0 N–H and O–H groups in total. The second-order valence-electron chi connectivity index (χ2n) is 4.52. The molecule has 20 heavy (non-hydrogen) atoms. The summed E-state index contributed by atoms with van der Waals surface area (Å²) in [5.74, 6) is 0.737. The molecule has 0 aliphatic heterocycles. The first-order valence-electron chi connectivity index (χ1n) is 6.30. The van der Waals surface area contributed by atoms with Gasteiger partial charge in [0.05, 0.1) is 0 Å². The molecule has 0 aromatic carbocycles. The molecular formula is C14H14N4OS. The van der Waals surface area contributed by atoms with Gasteiger partial charge in [-0.15, -0.1) is 11.3 Å². The van der Waals surface area contributed by atoms with Gasteiger partial charge in [0, 0.05) is 37.6 Å². The van der Waals surface area contributed by atoms with Crippen molar-refractivity contribution in [2.24, 2.45) is 0 Å². The van der Waals surface area contributed by atoms with Crippen LogP contribution in [0, 0.1) is 0 Å². The van der Waals surface area contributed by atoms with Crippen LogP contribution < -0.4 is 4.90 Å². The lowest BCUT2D eigenvalue weighted by Crippen LogP contribution is -2.22. The summed E-state index contributed by atoms with van der Waals surface area (Å²) in [4.78, 5) is 22.7. The SMILES string of the molecule is CN(CCc1ccncc1)c1nc2sccn2c1C=O. The highest BCUT2D eigenvalue weighted by atomic mass is 32.1. The highest BCUT2D eigenvalue weighted by molar-refractivity contribution is 7.15. The summed E-state index contributed by atoms with van der Waals surface area (Å²) in [5, 5.41) is 1.93. The summed E-state index contributed by atoms with van der Waals surface area (Å²) in [5.41, 5.74) is 1.83. The molecule has 0 aliphatic rings. The maximum Gasteiger partial charge on any atom is 0.196 e. The van der Waals surface area contributed by atoms with Crippen molar-refractivity contribution in [2.75, 3.05) is 18.5 Å². The number of rotatable bonds is 5. The Kier molecular flexibility index (Phi) is 3.47. The molecule has 0 saturated carbocycles. The number of likely N-dealkylation sites (N-methyl/N-ethyl adjacent to an activating group) is 1. The van der Waals surface area contributed by atoms with Crippen molar-refractivity contribution in [3.05, 3.63) is 47.4 Å². The van der Waals surface area contributed by atoms with Gasteiger partial charge in [-0.1, -0.05) is 0 Å². The number of imidazole rings is 1. The Hall–Kier alpha value is -2.21. The van der Waals surface area contributed by atoms with Crippen LogP contribution in [0.4, 0.5) is 5.82 Å². The molecule has 6 heteroatoms. The lowest BCUT2D eigenvalue weighted by molar-refractivity contribution is 0.111. The minimum Gasteiger partial charge on any atom is -0.357 e. The molecule has 0 atom stereocenters. The summed E-state index contributed by atoms with van der Waals surface area (Å²) < 4.78 is 1.83. The predicted molar refractivity (Wildman–Crippen MR) is 79.7 cm³/mol. The number of aldehydes is 1. The number of anilines is 1. The van der Waals surface area contributed by atoms with E-state index in [2.05, 4.69) is 9.97 Å². The second kappa shape index (κ2) is 5.42. The number of hydrogen-bond acceptors (Lipinski definition) is 5. The van der Waals surface area contributed by atoms with Gasteiger partial charge in [-0.2, -0.15) is 0 Å². The summed E-state index contributed by atoms with van der Waals surface area (Å²) in [6, 6.07) is 4.00. The van der Waals surface area contributed by atoms with E-state index in [1.807, 2.05) is 40.1 Å². The topological polar surface area (TPSA) is 50.5 Å². The van der Waals surface area contributed by atoms with Crippen LogP contribution >= 0.6 is 11.3 Å². The molecule has 102 valence electrons. The van der Waals surface area contributed by atoms with Gasteiger partial charge < -0.3 is 4.90 Å². The molecule has 0 amide bonds. The highest BCUT2D eigenvalue weighted by Gasteiger charge is 2.15. The standard InChI is InChI=1S/C14H14N4OS/c1-17(7-4-11-2-5-15-6-3-11)13-12(10-19)18-8-9-20-14(18)16-13/h2-3,5-6,8-10H,4,7H2,1H3. The van der Waals surface area contributed by atoms with Crippen molar-refractivity contribution in [1.29, 1.82) is 0 Å². The molecule has 5 nitrogen and oxygen atoms in total. The average Bonchev–Trinajstić information content (AvgIpc) is 3.06. The smallest absolute Gasteiger partial charge is 0.196 e. The number of hydrogen-bond donors (Lipinski definition) is 0. The van der Waals surface area contributed by atoms with Gasteiger partial charge in [-0.25, -0.2) is 4.98 Å². The van der Waals surface area contributed by atoms with E-state index < -0.39 is 0 Å². The van der Waals surface area contributed by atoms with Crippen molar-refractivity contribution in [3.8, 4) is 0 Å². The van der Waals surface area contributed by atoms with Crippen LogP contribution in [-0.2, 0) is 6.42 Å². The van der Waals surface area contributed by atoms with E-state index in [9.17, 15) is 4.79 Å². The van der Waals surface area contributed by atoms with Gasteiger partial charge in [0.2, 0.25) is 0 Å². The molecule has 0 unspecified atom stereocenters. The molecule has 0 radical (unpaired) electrons. The van der Waals surface area contributed by atoms with Gasteiger partial charge in [0.25, 0.3) is 0 Å². The zero-order chi connectivity index (χ0) is 13.9. The fourth-order valence-electron chi connectivity index (χ4n) is 2.13. The Morgan fingerprint density at radius 2 is 2.20 bits per heavy atom. The first kappa shape index (κ1) is 12.8. The maximum atomic E-state index is 11.3. The third-order valence-corrected chi connectivity index (χ3v) is 3.99. The Morgan fingerprint density at radius 3 is 2.95 bits per heavy atom. The van der Waals surface area contributed by atoms with Crippen molar-refractivity contribution in [1.82, 2.24) is 14.4 Å². The van der Waals surface area contributed by atoms with Gasteiger partial charge in [-0.05, 0) is 24.1 Å². The Bertz CT molecular complexity index is 719. The zero-order valence-electron chi connectivity index (χ0n) is 11.1. The number of thiazole rings is 1. The third kappa shape index (κ3) is 2.30. The number of fused-ring (bicyclic) bond motifs is 1. The van der Waals surface area contributed by atoms with Crippen LogP contribution in [0.1, 0.15) is 16.1 Å². The fraction of sp³-hybridized carbons (Fsp3) is 0.214. The average molecular weight is 286 g/mol. The fourth-order valence-corrected chi connectivity index (χ4v) is 2.85. The van der Waals surface area contributed by atoms with Crippen LogP contribution in [0.25, 0.3) is 4.96 Å². The number of carbonyl (C=O) groups excluding carboxylic acids is 1. The van der Waals surface area contributed by atoms with E-state index in [1.54, 1.807) is 12.4 Å². The maximum absolute atomic E-state index is 11.3. The monoisotopic (exact) mass is 286 g/mol. The molecule has 3 aromatic rings. The van der Waals surface area contributed by atoms with Gasteiger partial charge in [-0.3, -0.25) is 14.2 Å². The number of carbonyl (C=O) groups is 1. The van der Waals surface area contributed by atoms with Crippen molar-refractivity contribution < 1.29 is 4.79 Å². The molecule has 3 rings (SSSR count). The first-order valence-corrected chi connectivity index (χ1v) is 7.18. The predicted octanol–water partition coefficient (Wildman–Crippen LogP) is 2.28. The highest BCUT2D eigenvalue weighted by Crippen LogP contribution is 2.22. The second-order valence-corrected chi connectivity index (χ2v) is 5.39. The van der Waals surface area contributed by atoms with Crippen molar-refractivity contribution in [3.63, 3.8) is 0 Å². The van der Waals surface area contributed by atoms with E-state index in [4.69, 9.17) is 0 Å². The minimum atomic E-state index is 0.610. The normalized spacial score (nSPS) is 10.8. The molecule has 3 heterocycles. The van der Waals surface area contributed by atoms with Crippen LogP contribution in [0.2, 0.25) is 0 Å². The molecule has 0 aliphatic carbocycles. The number of nitrogens with zero attached hydrogens (tertiary/aromatic N) is 4. The lowest BCUT2D eigenvalue weighted by Gasteiger charge is -2.16. The van der Waals surface area contributed by atoms with E-state index in [1.165, 1.54) is 16.9 Å². The largest absolute Gasteiger partial charge is 0.357 e. The van der Waals surface area contributed by atoms with Gasteiger partial charge >= 0.3 is 0 Å². The minimum absolute atomic E-state index is 0.610.